The fourth-order valence-corrected chi connectivity index (χ4v) is 3.47. The summed E-state index contributed by atoms with van der Waals surface area (Å²) in [6, 6.07) is 12.5. The summed E-state index contributed by atoms with van der Waals surface area (Å²) in [6.45, 7) is 0.898. The van der Waals surface area contributed by atoms with E-state index in [0.29, 0.717) is 36.8 Å². The molecular weight excluding hydrogens is 348 g/mol. The predicted octanol–water partition coefficient (Wildman–Crippen LogP) is 1.35. The summed E-state index contributed by atoms with van der Waals surface area (Å²) in [5.74, 6) is -0.480. The zero-order valence-electron chi connectivity index (χ0n) is 14.7. The molecule has 0 unspecified atom stereocenters. The summed E-state index contributed by atoms with van der Waals surface area (Å²) in [5, 5.41) is 15.9. The van der Waals surface area contributed by atoms with E-state index in [9.17, 15) is 14.7 Å². The lowest BCUT2D eigenvalue weighted by Gasteiger charge is -2.24. The minimum absolute atomic E-state index is 0.0165. The number of carbonyl (C=O) groups is 2. The second kappa shape index (κ2) is 6.92. The van der Waals surface area contributed by atoms with Crippen LogP contribution in [0.5, 0.6) is 11.5 Å². The molecule has 2 amide bonds. The Bertz CT molecular complexity index is 898. The number of hydrogen-bond donors (Lipinski definition) is 3. The van der Waals surface area contributed by atoms with E-state index in [1.165, 1.54) is 0 Å². The summed E-state index contributed by atoms with van der Waals surface area (Å²) in [7, 11) is 0. The van der Waals surface area contributed by atoms with E-state index in [0.717, 1.165) is 17.5 Å². The van der Waals surface area contributed by atoms with Crippen molar-refractivity contribution in [2.45, 2.75) is 18.4 Å². The molecule has 7 nitrogen and oxygen atoms in total. The third-order valence-corrected chi connectivity index (χ3v) is 4.87. The maximum absolute atomic E-state index is 12.2. The molecule has 0 saturated heterocycles. The molecule has 1 aliphatic heterocycles. The number of fused-ring (bicyclic) bond motifs is 2. The first kappa shape index (κ1) is 17.4. The van der Waals surface area contributed by atoms with Gasteiger partial charge in [0.1, 0.15) is 18.8 Å². The first-order valence-corrected chi connectivity index (χ1v) is 8.85. The van der Waals surface area contributed by atoms with Crippen LogP contribution in [-0.4, -0.2) is 36.7 Å². The van der Waals surface area contributed by atoms with Gasteiger partial charge in [0.25, 0.3) is 0 Å². The molecule has 0 aromatic heterocycles. The van der Waals surface area contributed by atoms with Crippen LogP contribution in [0.4, 0.5) is 5.69 Å². The van der Waals surface area contributed by atoms with Crippen molar-refractivity contribution in [3.8, 4) is 11.5 Å². The van der Waals surface area contributed by atoms with Crippen molar-refractivity contribution < 1.29 is 24.2 Å². The SMILES string of the molecule is O=C(NC[C@]1(O)CCc2ccccc21)C(=O)Nc1ccc2c(c1)OCCO2. The molecule has 140 valence electrons. The van der Waals surface area contributed by atoms with Crippen LogP contribution in [0.3, 0.4) is 0 Å². The fourth-order valence-electron chi connectivity index (χ4n) is 3.47. The van der Waals surface area contributed by atoms with Crippen molar-refractivity contribution in [2.24, 2.45) is 0 Å². The van der Waals surface area contributed by atoms with Gasteiger partial charge in [0, 0.05) is 11.8 Å². The Morgan fingerprint density at radius 1 is 1.04 bits per heavy atom. The molecule has 27 heavy (non-hydrogen) atoms. The molecule has 1 aliphatic carbocycles. The van der Waals surface area contributed by atoms with Gasteiger partial charge in [-0.2, -0.15) is 0 Å². The molecule has 2 aliphatic rings. The standard InChI is InChI=1S/C20H20N2O5/c23-18(21-12-20(25)8-7-13-3-1-2-4-15(13)20)19(24)22-14-5-6-16-17(11-14)27-10-9-26-16/h1-6,11,25H,7-10,12H2,(H,21,23)(H,22,24)/t20-/m1/s1. The van der Waals surface area contributed by atoms with Crippen molar-refractivity contribution in [3.05, 3.63) is 53.6 Å². The van der Waals surface area contributed by atoms with E-state index in [2.05, 4.69) is 10.6 Å². The summed E-state index contributed by atoms with van der Waals surface area (Å²) >= 11 is 0. The molecule has 0 spiro atoms. The van der Waals surface area contributed by atoms with Gasteiger partial charge < -0.3 is 25.2 Å². The highest BCUT2D eigenvalue weighted by Crippen LogP contribution is 2.36. The lowest BCUT2D eigenvalue weighted by Crippen LogP contribution is -2.43. The molecule has 2 aromatic carbocycles. The molecule has 1 heterocycles. The average Bonchev–Trinajstić information content (AvgIpc) is 3.03. The predicted molar refractivity (Wildman–Crippen MR) is 97.7 cm³/mol. The highest BCUT2D eigenvalue weighted by atomic mass is 16.6. The smallest absolute Gasteiger partial charge is 0.313 e. The van der Waals surface area contributed by atoms with Crippen LogP contribution in [0, 0.1) is 0 Å². The fraction of sp³-hybridized carbons (Fsp3) is 0.300. The lowest BCUT2D eigenvalue weighted by atomic mass is 9.96. The molecular formula is C20H20N2O5. The van der Waals surface area contributed by atoms with Crippen LogP contribution in [0.1, 0.15) is 17.5 Å². The molecule has 2 aromatic rings. The van der Waals surface area contributed by atoms with Crippen LogP contribution in [0.25, 0.3) is 0 Å². The highest BCUT2D eigenvalue weighted by molar-refractivity contribution is 6.39. The first-order chi connectivity index (χ1) is 13.0. The third-order valence-electron chi connectivity index (χ3n) is 4.87. The monoisotopic (exact) mass is 368 g/mol. The van der Waals surface area contributed by atoms with Crippen molar-refractivity contribution in [2.75, 3.05) is 25.1 Å². The van der Waals surface area contributed by atoms with Gasteiger partial charge in [0.2, 0.25) is 0 Å². The van der Waals surface area contributed by atoms with Gasteiger partial charge in [-0.05, 0) is 36.1 Å². The summed E-state index contributed by atoms with van der Waals surface area (Å²) < 4.78 is 10.9. The molecule has 0 fully saturated rings. The lowest BCUT2D eigenvalue weighted by molar-refractivity contribution is -0.136. The number of anilines is 1. The maximum Gasteiger partial charge on any atom is 0.313 e. The van der Waals surface area contributed by atoms with Gasteiger partial charge in [-0.3, -0.25) is 9.59 Å². The van der Waals surface area contributed by atoms with Crippen LogP contribution in [0.2, 0.25) is 0 Å². The Morgan fingerprint density at radius 2 is 1.81 bits per heavy atom. The second-order valence-electron chi connectivity index (χ2n) is 6.68. The average molecular weight is 368 g/mol. The molecule has 1 atom stereocenters. The Morgan fingerprint density at radius 3 is 2.67 bits per heavy atom. The van der Waals surface area contributed by atoms with E-state index >= 15 is 0 Å². The summed E-state index contributed by atoms with van der Waals surface area (Å²) in [4.78, 5) is 24.3. The number of amides is 2. The Labute approximate surface area is 156 Å². The van der Waals surface area contributed by atoms with Gasteiger partial charge in [0.15, 0.2) is 11.5 Å². The number of rotatable bonds is 3. The van der Waals surface area contributed by atoms with Gasteiger partial charge in [-0.1, -0.05) is 24.3 Å². The van der Waals surface area contributed by atoms with Gasteiger partial charge in [-0.15, -0.1) is 0 Å². The molecule has 0 bridgehead atoms. The molecule has 0 saturated carbocycles. The number of carbonyl (C=O) groups excluding carboxylic acids is 2. The Hall–Kier alpha value is -3.06. The van der Waals surface area contributed by atoms with Gasteiger partial charge in [0.05, 0.1) is 6.54 Å². The minimum atomic E-state index is -1.15. The molecule has 3 N–H and O–H groups in total. The van der Waals surface area contributed by atoms with E-state index in [1.807, 2.05) is 24.3 Å². The summed E-state index contributed by atoms with van der Waals surface area (Å²) in [6.07, 6.45) is 1.25. The summed E-state index contributed by atoms with van der Waals surface area (Å²) in [5.41, 5.74) is 1.15. The van der Waals surface area contributed by atoms with Crippen LogP contribution < -0.4 is 20.1 Å². The van der Waals surface area contributed by atoms with Crippen LogP contribution >= 0.6 is 0 Å². The molecule has 4 rings (SSSR count). The van der Waals surface area contributed by atoms with Crippen molar-refractivity contribution in [1.29, 1.82) is 0 Å². The topological polar surface area (TPSA) is 96.9 Å². The zero-order valence-corrected chi connectivity index (χ0v) is 14.7. The minimum Gasteiger partial charge on any atom is -0.486 e. The van der Waals surface area contributed by atoms with Crippen LogP contribution in [-0.2, 0) is 21.6 Å². The van der Waals surface area contributed by atoms with E-state index in [4.69, 9.17) is 9.47 Å². The number of benzene rings is 2. The van der Waals surface area contributed by atoms with Crippen LogP contribution in [0.15, 0.2) is 42.5 Å². The number of hydrogen-bond acceptors (Lipinski definition) is 5. The first-order valence-electron chi connectivity index (χ1n) is 8.85. The van der Waals surface area contributed by atoms with E-state index < -0.39 is 17.4 Å². The number of ether oxygens (including phenoxy) is 2. The third kappa shape index (κ3) is 3.46. The number of aryl methyl sites for hydroxylation is 1. The zero-order chi connectivity index (χ0) is 18.9. The number of aliphatic hydroxyl groups is 1. The highest BCUT2D eigenvalue weighted by Gasteiger charge is 2.37. The largest absolute Gasteiger partial charge is 0.486 e. The van der Waals surface area contributed by atoms with Crippen molar-refractivity contribution in [3.63, 3.8) is 0 Å². The van der Waals surface area contributed by atoms with E-state index in [1.54, 1.807) is 18.2 Å². The second-order valence-corrected chi connectivity index (χ2v) is 6.68. The van der Waals surface area contributed by atoms with Crippen molar-refractivity contribution >= 4 is 17.5 Å². The van der Waals surface area contributed by atoms with E-state index in [-0.39, 0.29) is 6.54 Å². The number of nitrogens with one attached hydrogen (secondary N) is 2. The van der Waals surface area contributed by atoms with Gasteiger partial charge in [-0.25, -0.2) is 0 Å². The Kier molecular flexibility index (Phi) is 4.45. The molecule has 0 radical (unpaired) electrons. The quantitative estimate of drug-likeness (QED) is 0.711. The van der Waals surface area contributed by atoms with Gasteiger partial charge >= 0.3 is 11.8 Å². The molecule has 7 heteroatoms. The Balaban J connectivity index is 1.37. The normalized spacial score (nSPS) is 19.9. The maximum atomic E-state index is 12.2. The van der Waals surface area contributed by atoms with Crippen molar-refractivity contribution in [1.82, 2.24) is 5.32 Å².